The Morgan fingerprint density at radius 2 is 1.74 bits per heavy atom. The van der Waals surface area contributed by atoms with Crippen molar-refractivity contribution >= 4 is 5.97 Å². The number of ether oxygens (including phenoxy) is 1. The quantitative estimate of drug-likeness (QED) is 0.483. The van der Waals surface area contributed by atoms with Crippen molar-refractivity contribution < 1.29 is 14.0 Å². The monoisotopic (exact) mass is 316 g/mol. The summed E-state index contributed by atoms with van der Waals surface area (Å²) in [7, 11) is 4.43. The van der Waals surface area contributed by atoms with Crippen LogP contribution in [-0.4, -0.2) is 43.7 Å². The van der Waals surface area contributed by atoms with E-state index in [4.69, 9.17) is 4.74 Å². The van der Waals surface area contributed by atoms with Crippen molar-refractivity contribution in [3.8, 4) is 0 Å². The summed E-state index contributed by atoms with van der Waals surface area (Å²) >= 11 is 0. The number of quaternary nitrogens is 1. The molecule has 3 nitrogen and oxygen atoms in total. The van der Waals surface area contributed by atoms with Crippen molar-refractivity contribution in [3.63, 3.8) is 0 Å². The predicted molar refractivity (Wildman–Crippen MR) is 92.2 cm³/mol. The van der Waals surface area contributed by atoms with Crippen LogP contribution in [0.25, 0.3) is 0 Å². The molecule has 0 unspecified atom stereocenters. The first-order valence-corrected chi connectivity index (χ1v) is 9.11. The molecular weight excluding hydrogens is 286 g/mol. The van der Waals surface area contributed by atoms with Crippen LogP contribution in [0.3, 0.4) is 0 Å². The summed E-state index contributed by atoms with van der Waals surface area (Å²) < 4.78 is 7.00. The molecule has 0 N–H and O–H groups in total. The van der Waals surface area contributed by atoms with Gasteiger partial charge in [0.05, 0.1) is 26.1 Å². The van der Waals surface area contributed by atoms with Gasteiger partial charge >= 0.3 is 5.97 Å². The molecule has 23 heavy (non-hydrogen) atoms. The lowest BCUT2D eigenvalue weighted by molar-refractivity contribution is -0.879. The van der Waals surface area contributed by atoms with Gasteiger partial charge in [0.25, 0.3) is 0 Å². The number of rotatable bonds is 3. The van der Waals surface area contributed by atoms with Crippen molar-refractivity contribution in [2.75, 3.05) is 27.2 Å². The molecule has 0 amide bonds. The zero-order valence-corrected chi connectivity index (χ0v) is 14.6. The second kappa shape index (κ2) is 6.64. The van der Waals surface area contributed by atoms with E-state index in [0.717, 1.165) is 55.2 Å². The van der Waals surface area contributed by atoms with Crippen LogP contribution >= 0.6 is 0 Å². The van der Waals surface area contributed by atoms with E-state index in [2.05, 4.69) is 26.2 Å². The highest BCUT2D eigenvalue weighted by molar-refractivity contribution is 5.83. The summed E-state index contributed by atoms with van der Waals surface area (Å²) in [5, 5.41) is 0. The summed E-state index contributed by atoms with van der Waals surface area (Å²) in [6.45, 7) is 2.03. The minimum atomic E-state index is -0.419. The SMILES string of the molecule is C[N+]1(C)CC[C@@H](OC(=O)C2(c3ccccc3)CCCCCC2)C1. The Hall–Kier alpha value is -1.35. The molecule has 0 aromatic heterocycles. The third-order valence-electron chi connectivity index (χ3n) is 5.70. The average Bonchev–Trinajstić information content (AvgIpc) is 2.76. The molecule has 0 spiro atoms. The zero-order valence-electron chi connectivity index (χ0n) is 14.6. The molecule has 2 aliphatic rings. The fourth-order valence-corrected chi connectivity index (χ4v) is 4.29. The largest absolute Gasteiger partial charge is 0.455 e. The van der Waals surface area contributed by atoms with Crippen molar-refractivity contribution in [1.29, 1.82) is 0 Å². The average molecular weight is 316 g/mol. The van der Waals surface area contributed by atoms with Crippen molar-refractivity contribution in [2.45, 2.75) is 56.5 Å². The number of carbonyl (C=O) groups is 1. The van der Waals surface area contributed by atoms with Gasteiger partial charge in [-0.15, -0.1) is 0 Å². The minimum Gasteiger partial charge on any atom is -0.455 e. The summed E-state index contributed by atoms with van der Waals surface area (Å²) in [5.74, 6) is 0.0255. The fraction of sp³-hybridized carbons (Fsp3) is 0.650. The van der Waals surface area contributed by atoms with Gasteiger partial charge < -0.3 is 9.22 Å². The molecule has 1 heterocycles. The number of hydrogen-bond acceptors (Lipinski definition) is 2. The zero-order chi connectivity index (χ0) is 16.3. The van der Waals surface area contributed by atoms with Gasteiger partial charge in [0.1, 0.15) is 6.54 Å². The number of hydrogen-bond donors (Lipinski definition) is 0. The van der Waals surface area contributed by atoms with Gasteiger partial charge in [0, 0.05) is 6.42 Å². The summed E-state index contributed by atoms with van der Waals surface area (Å²) in [5.41, 5.74) is 0.732. The molecule has 126 valence electrons. The van der Waals surface area contributed by atoms with Gasteiger partial charge in [-0.3, -0.25) is 4.79 Å². The lowest BCUT2D eigenvalue weighted by Gasteiger charge is -2.32. The number of carbonyl (C=O) groups excluding carboxylic acids is 1. The second-order valence-electron chi connectivity index (χ2n) is 8.02. The van der Waals surface area contributed by atoms with Crippen molar-refractivity contribution in [3.05, 3.63) is 35.9 Å². The maximum Gasteiger partial charge on any atom is 0.317 e. The van der Waals surface area contributed by atoms with Gasteiger partial charge in [0.2, 0.25) is 0 Å². The van der Waals surface area contributed by atoms with E-state index >= 15 is 0 Å². The molecule has 0 bridgehead atoms. The summed E-state index contributed by atoms with van der Waals surface area (Å²) in [4.78, 5) is 13.2. The first-order chi connectivity index (χ1) is 11.0. The lowest BCUT2D eigenvalue weighted by atomic mass is 9.74. The van der Waals surface area contributed by atoms with E-state index in [1.165, 1.54) is 12.8 Å². The molecule has 1 saturated carbocycles. The van der Waals surface area contributed by atoms with Gasteiger partial charge in [-0.25, -0.2) is 0 Å². The standard InChI is InChI=1S/C20H30NO2/c1-21(2)15-12-18(16-21)23-19(22)20(13-8-3-4-9-14-20)17-10-6-5-7-11-17/h5-7,10-11,18H,3-4,8-9,12-16H2,1-2H3/q+1/t18-/m1/s1. The molecule has 1 aliphatic heterocycles. The number of benzene rings is 1. The number of esters is 1. The Balaban J connectivity index is 1.82. The molecule has 1 atom stereocenters. The van der Waals surface area contributed by atoms with Gasteiger partial charge in [0.15, 0.2) is 6.10 Å². The highest BCUT2D eigenvalue weighted by atomic mass is 16.5. The molecule has 2 fully saturated rings. The molecule has 3 heteroatoms. The maximum absolute atomic E-state index is 13.2. The van der Waals surface area contributed by atoms with E-state index in [0.29, 0.717) is 0 Å². The van der Waals surface area contributed by atoms with Crippen molar-refractivity contribution in [1.82, 2.24) is 0 Å². The van der Waals surface area contributed by atoms with E-state index in [1.54, 1.807) is 0 Å². The Bertz CT molecular complexity index is 530. The second-order valence-corrected chi connectivity index (χ2v) is 8.02. The third-order valence-corrected chi connectivity index (χ3v) is 5.70. The van der Waals surface area contributed by atoms with Crippen LogP contribution < -0.4 is 0 Å². The predicted octanol–water partition coefficient (Wildman–Crippen LogP) is 3.67. The number of likely N-dealkylation sites (tertiary alicyclic amines) is 1. The first-order valence-electron chi connectivity index (χ1n) is 9.11. The van der Waals surface area contributed by atoms with Gasteiger partial charge in [-0.2, -0.15) is 0 Å². The Morgan fingerprint density at radius 1 is 1.09 bits per heavy atom. The van der Waals surface area contributed by atoms with Crippen LogP contribution in [0.15, 0.2) is 30.3 Å². The molecule has 1 aromatic carbocycles. The van der Waals surface area contributed by atoms with Gasteiger partial charge in [-0.05, 0) is 18.4 Å². The highest BCUT2D eigenvalue weighted by Crippen LogP contribution is 2.40. The van der Waals surface area contributed by atoms with Crippen molar-refractivity contribution in [2.24, 2.45) is 0 Å². The van der Waals surface area contributed by atoms with E-state index in [1.807, 2.05) is 18.2 Å². The molecule has 1 aliphatic carbocycles. The van der Waals surface area contributed by atoms with E-state index < -0.39 is 5.41 Å². The maximum atomic E-state index is 13.2. The first kappa shape index (κ1) is 16.5. The van der Waals surface area contributed by atoms with E-state index in [-0.39, 0.29) is 12.1 Å². The Kier molecular flexibility index (Phi) is 4.77. The molecule has 0 radical (unpaired) electrons. The third kappa shape index (κ3) is 3.60. The smallest absolute Gasteiger partial charge is 0.317 e. The molecule has 3 rings (SSSR count). The molecule has 1 saturated heterocycles. The Morgan fingerprint density at radius 3 is 2.30 bits per heavy atom. The normalized spacial score (nSPS) is 26.4. The molecular formula is C20H30NO2+. The van der Waals surface area contributed by atoms with Gasteiger partial charge in [-0.1, -0.05) is 56.0 Å². The van der Waals surface area contributed by atoms with Crippen LogP contribution in [0.5, 0.6) is 0 Å². The highest BCUT2D eigenvalue weighted by Gasteiger charge is 2.44. The minimum absolute atomic E-state index is 0.0255. The fourth-order valence-electron chi connectivity index (χ4n) is 4.29. The number of nitrogens with zero attached hydrogens (tertiary/aromatic N) is 1. The van der Waals surface area contributed by atoms with Crippen LogP contribution in [0.2, 0.25) is 0 Å². The van der Waals surface area contributed by atoms with E-state index in [9.17, 15) is 4.79 Å². The Labute approximate surface area is 140 Å². The van der Waals surface area contributed by atoms with Crippen LogP contribution in [0, 0.1) is 0 Å². The van der Waals surface area contributed by atoms with Crippen LogP contribution in [0.1, 0.15) is 50.5 Å². The topological polar surface area (TPSA) is 26.3 Å². The van der Waals surface area contributed by atoms with Crippen LogP contribution in [-0.2, 0) is 14.9 Å². The van der Waals surface area contributed by atoms with Crippen LogP contribution in [0.4, 0.5) is 0 Å². The lowest BCUT2D eigenvalue weighted by Crippen LogP contribution is -2.42. The molecule has 1 aromatic rings. The number of likely N-dealkylation sites (N-methyl/N-ethyl adjacent to an activating group) is 1. The summed E-state index contributed by atoms with van der Waals surface area (Å²) in [6.07, 6.45) is 7.64. The summed E-state index contributed by atoms with van der Waals surface area (Å²) in [6, 6.07) is 10.3.